The molecule has 0 radical (unpaired) electrons. The van der Waals surface area contributed by atoms with Crippen molar-refractivity contribution in [2.45, 2.75) is 6.92 Å². The SMILES string of the molecule is COc1ccc(OC)c(/C=C/C(=O)c2ccccc2C)c1. The first-order chi connectivity index (χ1) is 10.2. The highest BCUT2D eigenvalue weighted by Crippen LogP contribution is 2.25. The van der Waals surface area contributed by atoms with Gasteiger partial charge in [0.15, 0.2) is 5.78 Å². The molecule has 0 saturated carbocycles. The second-order valence-electron chi connectivity index (χ2n) is 4.62. The average molecular weight is 282 g/mol. The molecule has 108 valence electrons. The van der Waals surface area contributed by atoms with Crippen LogP contribution < -0.4 is 9.47 Å². The number of ether oxygens (including phenoxy) is 2. The quantitative estimate of drug-likeness (QED) is 0.616. The van der Waals surface area contributed by atoms with Gasteiger partial charge in [0, 0.05) is 11.1 Å². The fraction of sp³-hybridized carbons (Fsp3) is 0.167. The maximum atomic E-state index is 12.2. The second kappa shape index (κ2) is 6.75. The van der Waals surface area contributed by atoms with E-state index in [1.807, 2.05) is 49.4 Å². The van der Waals surface area contributed by atoms with Crippen molar-refractivity contribution >= 4 is 11.9 Å². The predicted octanol–water partition coefficient (Wildman–Crippen LogP) is 3.91. The van der Waals surface area contributed by atoms with Gasteiger partial charge in [0.2, 0.25) is 0 Å². The number of rotatable bonds is 5. The Morgan fingerprint density at radius 2 is 1.81 bits per heavy atom. The number of benzene rings is 2. The highest BCUT2D eigenvalue weighted by Gasteiger charge is 2.06. The van der Waals surface area contributed by atoms with Crippen LogP contribution in [0.25, 0.3) is 6.08 Å². The number of hydrogen-bond donors (Lipinski definition) is 0. The fourth-order valence-corrected chi connectivity index (χ4v) is 2.07. The van der Waals surface area contributed by atoms with Crippen molar-refractivity contribution in [1.29, 1.82) is 0 Å². The Hall–Kier alpha value is -2.55. The van der Waals surface area contributed by atoms with Gasteiger partial charge in [-0.3, -0.25) is 4.79 Å². The zero-order valence-electron chi connectivity index (χ0n) is 12.4. The van der Waals surface area contributed by atoms with E-state index in [2.05, 4.69) is 0 Å². The van der Waals surface area contributed by atoms with Crippen molar-refractivity contribution in [1.82, 2.24) is 0 Å². The highest BCUT2D eigenvalue weighted by atomic mass is 16.5. The molecule has 3 nitrogen and oxygen atoms in total. The summed E-state index contributed by atoms with van der Waals surface area (Å²) in [7, 11) is 3.20. The number of carbonyl (C=O) groups excluding carboxylic acids is 1. The maximum absolute atomic E-state index is 12.2. The van der Waals surface area contributed by atoms with Crippen LogP contribution in [0, 0.1) is 6.92 Å². The molecule has 2 aromatic rings. The van der Waals surface area contributed by atoms with Gasteiger partial charge in [0.1, 0.15) is 11.5 Å². The molecular weight excluding hydrogens is 264 g/mol. The number of ketones is 1. The summed E-state index contributed by atoms with van der Waals surface area (Å²) in [6, 6.07) is 13.0. The Kier molecular flexibility index (Phi) is 4.77. The summed E-state index contributed by atoms with van der Waals surface area (Å²) in [5.41, 5.74) is 2.47. The average Bonchev–Trinajstić information content (AvgIpc) is 2.52. The molecule has 2 rings (SSSR count). The van der Waals surface area contributed by atoms with E-state index in [4.69, 9.17) is 9.47 Å². The van der Waals surface area contributed by atoms with Crippen molar-refractivity contribution < 1.29 is 14.3 Å². The molecule has 0 heterocycles. The van der Waals surface area contributed by atoms with Gasteiger partial charge in [-0.1, -0.05) is 24.3 Å². The molecule has 0 saturated heterocycles. The Morgan fingerprint density at radius 3 is 2.48 bits per heavy atom. The number of methoxy groups -OCH3 is 2. The van der Waals surface area contributed by atoms with Crippen LogP contribution in [0.15, 0.2) is 48.5 Å². The standard InChI is InChI=1S/C18H18O3/c1-13-6-4-5-7-16(13)17(19)10-8-14-12-15(20-2)9-11-18(14)21-3/h4-12H,1-3H3/b10-8+. The molecule has 0 amide bonds. The summed E-state index contributed by atoms with van der Waals surface area (Å²) in [5, 5.41) is 0. The van der Waals surface area contributed by atoms with Gasteiger partial charge in [-0.05, 0) is 42.8 Å². The minimum atomic E-state index is -0.0297. The lowest BCUT2D eigenvalue weighted by Crippen LogP contribution is -1.97. The van der Waals surface area contributed by atoms with Crippen molar-refractivity contribution in [2.24, 2.45) is 0 Å². The summed E-state index contributed by atoms with van der Waals surface area (Å²) < 4.78 is 10.5. The van der Waals surface area contributed by atoms with Crippen LogP contribution in [0.5, 0.6) is 11.5 Å². The molecule has 21 heavy (non-hydrogen) atoms. The van der Waals surface area contributed by atoms with E-state index in [0.29, 0.717) is 11.3 Å². The van der Waals surface area contributed by atoms with Crippen LogP contribution in [0.1, 0.15) is 21.5 Å². The van der Waals surface area contributed by atoms with Crippen molar-refractivity contribution in [3.63, 3.8) is 0 Å². The zero-order valence-corrected chi connectivity index (χ0v) is 12.4. The lowest BCUT2D eigenvalue weighted by Gasteiger charge is -2.07. The molecule has 0 atom stereocenters. The Balaban J connectivity index is 2.29. The summed E-state index contributed by atoms with van der Waals surface area (Å²) in [5.74, 6) is 1.39. The highest BCUT2D eigenvalue weighted by molar-refractivity contribution is 6.07. The predicted molar refractivity (Wildman–Crippen MR) is 84.1 cm³/mol. The lowest BCUT2D eigenvalue weighted by molar-refractivity contribution is 0.104. The molecule has 0 unspecified atom stereocenters. The van der Waals surface area contributed by atoms with Crippen molar-refractivity contribution in [3.05, 3.63) is 65.2 Å². The zero-order chi connectivity index (χ0) is 15.2. The normalized spacial score (nSPS) is 10.6. The van der Waals surface area contributed by atoms with Gasteiger partial charge < -0.3 is 9.47 Å². The summed E-state index contributed by atoms with van der Waals surface area (Å²) in [4.78, 5) is 12.2. The Bertz CT molecular complexity index is 672. The second-order valence-corrected chi connectivity index (χ2v) is 4.62. The maximum Gasteiger partial charge on any atom is 0.186 e. The first-order valence-corrected chi connectivity index (χ1v) is 6.65. The summed E-state index contributed by atoms with van der Waals surface area (Å²) in [6.45, 7) is 1.92. The molecule has 0 spiro atoms. The molecular formula is C18H18O3. The molecule has 0 aliphatic rings. The summed E-state index contributed by atoms with van der Waals surface area (Å²) >= 11 is 0. The lowest BCUT2D eigenvalue weighted by atomic mass is 10.0. The van der Waals surface area contributed by atoms with E-state index in [9.17, 15) is 4.79 Å². The minimum Gasteiger partial charge on any atom is -0.497 e. The van der Waals surface area contributed by atoms with E-state index in [-0.39, 0.29) is 5.78 Å². The first-order valence-electron chi connectivity index (χ1n) is 6.65. The summed E-state index contributed by atoms with van der Waals surface area (Å²) in [6.07, 6.45) is 3.30. The Morgan fingerprint density at radius 1 is 1.05 bits per heavy atom. The van der Waals surface area contributed by atoms with Crippen LogP contribution >= 0.6 is 0 Å². The van der Waals surface area contributed by atoms with E-state index < -0.39 is 0 Å². The van der Waals surface area contributed by atoms with E-state index in [0.717, 1.165) is 16.9 Å². The first kappa shape index (κ1) is 14.9. The van der Waals surface area contributed by atoms with Crippen LogP contribution in [-0.2, 0) is 0 Å². The van der Waals surface area contributed by atoms with Crippen LogP contribution in [0.2, 0.25) is 0 Å². The molecule has 0 aliphatic heterocycles. The minimum absolute atomic E-state index is 0.0297. The third-order valence-electron chi connectivity index (χ3n) is 3.26. The monoisotopic (exact) mass is 282 g/mol. The van der Waals surface area contributed by atoms with Gasteiger partial charge in [-0.25, -0.2) is 0 Å². The molecule has 2 aromatic carbocycles. The molecule has 0 bridgehead atoms. The third-order valence-corrected chi connectivity index (χ3v) is 3.26. The van der Waals surface area contributed by atoms with Crippen molar-refractivity contribution in [3.8, 4) is 11.5 Å². The van der Waals surface area contributed by atoms with E-state index in [1.54, 1.807) is 26.4 Å². The van der Waals surface area contributed by atoms with Crippen LogP contribution in [0.4, 0.5) is 0 Å². The molecule has 3 heteroatoms. The molecule has 0 fully saturated rings. The van der Waals surface area contributed by atoms with E-state index >= 15 is 0 Å². The van der Waals surface area contributed by atoms with Gasteiger partial charge >= 0.3 is 0 Å². The van der Waals surface area contributed by atoms with Gasteiger partial charge in [-0.15, -0.1) is 0 Å². The number of hydrogen-bond acceptors (Lipinski definition) is 3. The van der Waals surface area contributed by atoms with Crippen LogP contribution in [-0.4, -0.2) is 20.0 Å². The number of aryl methyl sites for hydroxylation is 1. The molecule has 0 N–H and O–H groups in total. The van der Waals surface area contributed by atoms with E-state index in [1.165, 1.54) is 0 Å². The molecule has 0 aromatic heterocycles. The van der Waals surface area contributed by atoms with Gasteiger partial charge in [0.25, 0.3) is 0 Å². The molecule has 0 aliphatic carbocycles. The topological polar surface area (TPSA) is 35.5 Å². The van der Waals surface area contributed by atoms with Crippen molar-refractivity contribution in [2.75, 3.05) is 14.2 Å². The fourth-order valence-electron chi connectivity index (χ4n) is 2.07. The smallest absolute Gasteiger partial charge is 0.186 e. The Labute approximate surface area is 124 Å². The number of carbonyl (C=O) groups is 1. The van der Waals surface area contributed by atoms with Gasteiger partial charge in [0.05, 0.1) is 14.2 Å². The van der Waals surface area contributed by atoms with Crippen LogP contribution in [0.3, 0.4) is 0 Å². The number of allylic oxidation sites excluding steroid dienone is 1. The third kappa shape index (κ3) is 3.51. The van der Waals surface area contributed by atoms with Gasteiger partial charge in [-0.2, -0.15) is 0 Å². The largest absolute Gasteiger partial charge is 0.497 e.